The maximum atomic E-state index is 13.1. The Bertz CT molecular complexity index is 852. The number of carbonyl (C=O) groups is 3. The van der Waals surface area contributed by atoms with Gasteiger partial charge in [-0.25, -0.2) is 4.79 Å². The Morgan fingerprint density at radius 1 is 1.00 bits per heavy atom. The van der Waals surface area contributed by atoms with E-state index in [9.17, 15) is 14.4 Å². The first kappa shape index (κ1) is 21.8. The highest BCUT2D eigenvalue weighted by molar-refractivity contribution is 6.38. The van der Waals surface area contributed by atoms with Gasteiger partial charge >= 0.3 is 5.97 Å². The summed E-state index contributed by atoms with van der Waals surface area (Å²) in [5.41, 5.74) is 0.970. The van der Waals surface area contributed by atoms with Crippen molar-refractivity contribution in [2.24, 2.45) is 5.41 Å². The third-order valence-corrected chi connectivity index (χ3v) is 5.92. The first-order chi connectivity index (χ1) is 14.3. The van der Waals surface area contributed by atoms with Crippen LogP contribution in [0.1, 0.15) is 57.3 Å². The second kappa shape index (κ2) is 9.24. The molecule has 1 fully saturated rings. The summed E-state index contributed by atoms with van der Waals surface area (Å²) in [4.78, 5) is 40.1. The molecule has 0 bridgehead atoms. The third-order valence-electron chi connectivity index (χ3n) is 5.92. The number of ketones is 1. The molecule has 1 heterocycles. The Hall–Kier alpha value is -2.95. The maximum Gasteiger partial charge on any atom is 0.329 e. The molecule has 1 aliphatic rings. The van der Waals surface area contributed by atoms with Gasteiger partial charge < -0.3 is 9.64 Å². The zero-order chi connectivity index (χ0) is 21.7. The molecule has 5 nitrogen and oxygen atoms in total. The normalized spacial score (nSPS) is 16.5. The second-order valence-electron chi connectivity index (χ2n) is 8.36. The van der Waals surface area contributed by atoms with E-state index in [0.717, 1.165) is 11.1 Å². The molecule has 0 spiro atoms. The summed E-state index contributed by atoms with van der Waals surface area (Å²) in [7, 11) is 0. The number of carbonyl (C=O) groups excluding carboxylic acids is 3. The number of Topliss-reactive ketones (excluding diaryl/α,β-unsaturated/α-hetero) is 1. The molecule has 5 heteroatoms. The van der Waals surface area contributed by atoms with Gasteiger partial charge in [-0.15, -0.1) is 0 Å². The van der Waals surface area contributed by atoms with Crippen LogP contribution >= 0.6 is 0 Å². The highest BCUT2D eigenvalue weighted by atomic mass is 16.5. The van der Waals surface area contributed by atoms with Gasteiger partial charge in [0.1, 0.15) is 6.04 Å². The van der Waals surface area contributed by atoms with Crippen molar-refractivity contribution < 1.29 is 19.1 Å². The molecule has 0 aliphatic carbocycles. The Morgan fingerprint density at radius 2 is 1.53 bits per heavy atom. The van der Waals surface area contributed by atoms with Crippen LogP contribution < -0.4 is 0 Å². The fourth-order valence-corrected chi connectivity index (χ4v) is 3.61. The van der Waals surface area contributed by atoms with Crippen LogP contribution in [0.25, 0.3) is 0 Å². The van der Waals surface area contributed by atoms with Gasteiger partial charge in [0.05, 0.1) is 0 Å². The lowest BCUT2D eigenvalue weighted by molar-refractivity contribution is -0.159. The molecule has 0 aromatic heterocycles. The van der Waals surface area contributed by atoms with Gasteiger partial charge in [-0.05, 0) is 30.4 Å². The monoisotopic (exact) mass is 407 g/mol. The molecule has 2 aromatic rings. The molecule has 1 saturated heterocycles. The van der Waals surface area contributed by atoms with E-state index < -0.39 is 35.2 Å². The van der Waals surface area contributed by atoms with Gasteiger partial charge in [-0.3, -0.25) is 9.59 Å². The fourth-order valence-electron chi connectivity index (χ4n) is 3.61. The van der Waals surface area contributed by atoms with Gasteiger partial charge in [0.15, 0.2) is 6.10 Å². The number of nitrogens with zero attached hydrogens (tertiary/aromatic N) is 1. The van der Waals surface area contributed by atoms with Gasteiger partial charge in [0, 0.05) is 12.0 Å². The first-order valence-corrected chi connectivity index (χ1v) is 10.5. The van der Waals surface area contributed by atoms with Gasteiger partial charge in [0.25, 0.3) is 5.91 Å². The summed E-state index contributed by atoms with van der Waals surface area (Å²) >= 11 is 0. The first-order valence-electron chi connectivity index (χ1n) is 10.5. The van der Waals surface area contributed by atoms with Crippen LogP contribution in [0.5, 0.6) is 0 Å². The molecule has 0 unspecified atom stereocenters. The van der Waals surface area contributed by atoms with Crippen LogP contribution in [0.15, 0.2) is 60.7 Å². The minimum absolute atomic E-state index is 0.394. The largest absolute Gasteiger partial charge is 0.451 e. The molecule has 30 heavy (non-hydrogen) atoms. The molecule has 3 rings (SSSR count). The zero-order valence-corrected chi connectivity index (χ0v) is 17.8. The third kappa shape index (κ3) is 4.61. The van der Waals surface area contributed by atoms with Gasteiger partial charge in [0.2, 0.25) is 5.78 Å². The van der Waals surface area contributed by atoms with E-state index in [0.29, 0.717) is 25.8 Å². The Balaban J connectivity index is 1.82. The number of benzene rings is 2. The van der Waals surface area contributed by atoms with Crippen molar-refractivity contribution in [2.75, 3.05) is 6.54 Å². The van der Waals surface area contributed by atoms with E-state index in [1.54, 1.807) is 13.8 Å². The number of amides is 1. The lowest BCUT2D eigenvalue weighted by Gasteiger charge is -2.28. The Labute approximate surface area is 178 Å². The zero-order valence-electron chi connectivity index (χ0n) is 17.8. The van der Waals surface area contributed by atoms with E-state index in [-0.39, 0.29) is 0 Å². The van der Waals surface area contributed by atoms with E-state index >= 15 is 0 Å². The maximum absolute atomic E-state index is 13.1. The quantitative estimate of drug-likeness (QED) is 0.507. The van der Waals surface area contributed by atoms with Gasteiger partial charge in [-0.2, -0.15) is 0 Å². The van der Waals surface area contributed by atoms with Crippen LogP contribution in [0.2, 0.25) is 0 Å². The summed E-state index contributed by atoms with van der Waals surface area (Å²) < 4.78 is 5.93. The van der Waals surface area contributed by atoms with Crippen LogP contribution in [0, 0.1) is 5.41 Å². The summed E-state index contributed by atoms with van der Waals surface area (Å²) in [5.74, 6) is -1.51. The van der Waals surface area contributed by atoms with Crippen LogP contribution in [-0.4, -0.2) is 35.1 Å². The molecule has 2 aromatic carbocycles. The number of likely N-dealkylation sites (tertiary alicyclic amines) is 1. The predicted octanol–water partition coefficient (Wildman–Crippen LogP) is 4.32. The highest BCUT2D eigenvalue weighted by Crippen LogP contribution is 2.30. The lowest BCUT2D eigenvalue weighted by Crippen LogP contribution is -2.48. The molecule has 0 saturated carbocycles. The number of hydrogen-bond donors (Lipinski definition) is 0. The SMILES string of the molecule is CCC(C)(C)C(=O)C(=O)N1CCC[C@H]1C(=O)OC(c1ccccc1)c1ccccc1. The fraction of sp³-hybridized carbons (Fsp3) is 0.400. The van der Waals surface area contributed by atoms with E-state index in [2.05, 4.69) is 0 Å². The summed E-state index contributed by atoms with van der Waals surface area (Å²) in [6.45, 7) is 5.80. The number of esters is 1. The van der Waals surface area contributed by atoms with Crippen molar-refractivity contribution in [1.29, 1.82) is 0 Å². The topological polar surface area (TPSA) is 63.7 Å². The number of rotatable bonds is 7. The molecule has 1 amide bonds. The minimum atomic E-state index is -0.745. The van der Waals surface area contributed by atoms with Crippen molar-refractivity contribution in [3.8, 4) is 0 Å². The van der Waals surface area contributed by atoms with E-state index in [1.807, 2.05) is 67.6 Å². The summed E-state index contributed by atoms with van der Waals surface area (Å²) in [6.07, 6.45) is 1.16. The predicted molar refractivity (Wildman–Crippen MR) is 115 cm³/mol. The Kier molecular flexibility index (Phi) is 6.70. The van der Waals surface area contributed by atoms with E-state index in [4.69, 9.17) is 4.74 Å². The lowest BCUT2D eigenvalue weighted by atomic mass is 9.84. The summed E-state index contributed by atoms with van der Waals surface area (Å²) in [6, 6.07) is 18.3. The highest BCUT2D eigenvalue weighted by Gasteiger charge is 2.42. The molecule has 0 N–H and O–H groups in total. The Morgan fingerprint density at radius 3 is 2.03 bits per heavy atom. The molecule has 158 valence electrons. The average Bonchev–Trinajstić information content (AvgIpc) is 3.27. The molecule has 0 radical (unpaired) electrons. The average molecular weight is 408 g/mol. The van der Waals surface area contributed by atoms with Crippen LogP contribution in [0.3, 0.4) is 0 Å². The number of ether oxygens (including phenoxy) is 1. The molecular formula is C25H29NO4. The van der Waals surface area contributed by atoms with Crippen molar-refractivity contribution in [3.63, 3.8) is 0 Å². The van der Waals surface area contributed by atoms with Crippen LogP contribution in [-0.2, 0) is 19.1 Å². The minimum Gasteiger partial charge on any atom is -0.451 e. The van der Waals surface area contributed by atoms with Crippen molar-refractivity contribution in [3.05, 3.63) is 71.8 Å². The van der Waals surface area contributed by atoms with Crippen molar-refractivity contribution >= 4 is 17.7 Å². The van der Waals surface area contributed by atoms with Crippen LogP contribution in [0.4, 0.5) is 0 Å². The van der Waals surface area contributed by atoms with Gasteiger partial charge in [-0.1, -0.05) is 81.4 Å². The molecule has 1 aliphatic heterocycles. The smallest absolute Gasteiger partial charge is 0.329 e. The standard InChI is InChI=1S/C25H29NO4/c1-4-25(2,3)22(27)23(28)26-17-11-16-20(26)24(29)30-21(18-12-7-5-8-13-18)19-14-9-6-10-15-19/h5-10,12-15,20-21H,4,11,16-17H2,1-3H3/t20-/m0/s1. The number of hydrogen-bond acceptors (Lipinski definition) is 4. The van der Waals surface area contributed by atoms with E-state index in [1.165, 1.54) is 4.90 Å². The van der Waals surface area contributed by atoms with Crippen molar-refractivity contribution in [2.45, 2.75) is 52.2 Å². The second-order valence-corrected chi connectivity index (χ2v) is 8.36. The molecule has 1 atom stereocenters. The summed E-state index contributed by atoms with van der Waals surface area (Å²) in [5, 5.41) is 0. The molecular weight excluding hydrogens is 378 g/mol. The van der Waals surface area contributed by atoms with Crippen molar-refractivity contribution in [1.82, 2.24) is 4.90 Å².